The maximum Gasteiger partial charge on any atom is 0.246 e. The first-order chi connectivity index (χ1) is 29.8. The van der Waals surface area contributed by atoms with Crippen LogP contribution in [0, 0.1) is 11.8 Å². The van der Waals surface area contributed by atoms with Crippen molar-refractivity contribution in [2.24, 2.45) is 17.6 Å². The lowest BCUT2D eigenvalue weighted by Crippen LogP contribution is -2.61. The molecule has 23 heteroatoms. The number of primary amides is 1. The molecule has 22 nitrogen and oxygen atoms in total. The van der Waals surface area contributed by atoms with Crippen LogP contribution >= 0.6 is 11.8 Å². The number of aromatic amines is 1. The third-order valence-corrected chi connectivity index (χ3v) is 12.7. The molecule has 1 saturated heterocycles. The number of benzene rings is 1. The van der Waals surface area contributed by atoms with Crippen LogP contribution in [-0.4, -0.2) is 159 Å². The van der Waals surface area contributed by atoms with Gasteiger partial charge in [0, 0.05) is 42.5 Å². The highest BCUT2D eigenvalue weighted by atomic mass is 32.2. The number of aromatic nitrogens is 1. The van der Waals surface area contributed by atoms with Gasteiger partial charge in [-0.3, -0.25) is 43.2 Å². The van der Waals surface area contributed by atoms with E-state index in [1.807, 2.05) is 0 Å². The summed E-state index contributed by atoms with van der Waals surface area (Å²) in [6.07, 6.45) is -3.32. The van der Waals surface area contributed by atoms with Crippen molar-refractivity contribution in [3.05, 3.63) is 23.8 Å². The Bertz CT molecular complexity index is 2110. The number of carbonyl (C=O) groups is 9. The second-order valence-corrected chi connectivity index (χ2v) is 17.3. The van der Waals surface area contributed by atoms with Gasteiger partial charge in [0.2, 0.25) is 47.3 Å². The molecule has 2 aromatic rings. The summed E-state index contributed by atoms with van der Waals surface area (Å²) in [5, 5.41) is 50.8. The molecule has 0 spiro atoms. The second kappa shape index (κ2) is 21.1. The molecule has 2 bridgehead atoms. The van der Waals surface area contributed by atoms with E-state index in [1.54, 1.807) is 19.9 Å². The molecule has 0 radical (unpaired) electrons. The highest BCUT2D eigenvalue weighted by molar-refractivity contribution is 7.99. The zero-order valence-corrected chi connectivity index (χ0v) is 36.1. The molecule has 0 saturated carbocycles. The highest BCUT2D eigenvalue weighted by Gasteiger charge is 2.44. The number of nitrogens with zero attached hydrogens (tertiary/aromatic N) is 1. The minimum absolute atomic E-state index is 0.117. The van der Waals surface area contributed by atoms with Gasteiger partial charge < -0.3 is 68.2 Å². The number of phenolic OH excluding ortho intramolecular Hbond substituents is 1. The van der Waals surface area contributed by atoms with E-state index in [4.69, 9.17) is 5.73 Å². The normalized spacial score (nSPS) is 27.9. The average Bonchev–Trinajstić information content (AvgIpc) is 3.78. The topological polar surface area (TPSA) is 344 Å². The molecular formula is C40H56N10O12S. The minimum Gasteiger partial charge on any atom is -0.508 e. The second-order valence-electron chi connectivity index (χ2n) is 16.3. The van der Waals surface area contributed by atoms with E-state index in [0.29, 0.717) is 27.9 Å². The van der Waals surface area contributed by atoms with Gasteiger partial charge >= 0.3 is 0 Å². The zero-order valence-electron chi connectivity index (χ0n) is 35.3. The van der Waals surface area contributed by atoms with E-state index in [2.05, 4.69) is 42.2 Å². The first-order valence-corrected chi connectivity index (χ1v) is 21.7. The third-order valence-electron chi connectivity index (χ3n) is 11.6. The number of aliphatic hydroxyl groups excluding tert-OH is 2. The lowest BCUT2D eigenvalue weighted by molar-refractivity contribution is -0.144. The van der Waals surface area contributed by atoms with Gasteiger partial charge in [0.1, 0.15) is 36.0 Å². The van der Waals surface area contributed by atoms with E-state index in [9.17, 15) is 58.5 Å². The monoisotopic (exact) mass is 900 g/mol. The van der Waals surface area contributed by atoms with E-state index < -0.39 is 146 Å². The number of amides is 8. The number of Topliss-reactive ketones (excluding diaryl/α,β-unsaturated/α-hetero) is 1. The van der Waals surface area contributed by atoms with Crippen molar-refractivity contribution >= 4 is 75.7 Å². The Morgan fingerprint density at radius 3 is 2.27 bits per heavy atom. The molecule has 63 heavy (non-hydrogen) atoms. The number of aromatic hydroxyl groups is 1. The molecular weight excluding hydrogens is 845 g/mol. The van der Waals surface area contributed by atoms with Crippen LogP contribution < -0.4 is 43.0 Å². The van der Waals surface area contributed by atoms with Crippen LogP contribution in [0.15, 0.2) is 23.2 Å². The molecule has 1 aromatic carbocycles. The van der Waals surface area contributed by atoms with E-state index >= 15 is 0 Å². The SMILES string of the molecule is CC[C@H](C)[C@@H]1NC(=O)CNCC(=O)[C@H]2Cc3c([nH]c4cc(O)ccc34)SC[C@@H](NC(=O)CNC1=O)C(=O)N[C@H](CC(N)=O)C(=O)N1C[C@H](O)C[C@@H]1C(=O)N[C@H]([C@@H](C)[C@H](C)O)C(=O)N2. The molecule has 0 unspecified atom stereocenters. The Balaban J connectivity index is 1.68. The van der Waals surface area contributed by atoms with E-state index in [0.717, 1.165) is 16.7 Å². The Kier molecular flexibility index (Phi) is 16.1. The van der Waals surface area contributed by atoms with Crippen molar-refractivity contribution in [3.63, 3.8) is 0 Å². The average molecular weight is 901 g/mol. The molecule has 3 aliphatic heterocycles. The van der Waals surface area contributed by atoms with Crippen LogP contribution in [0.1, 0.15) is 52.5 Å². The smallest absolute Gasteiger partial charge is 0.246 e. The third kappa shape index (κ3) is 12.0. The number of fused-ring (bicyclic) bond motifs is 5. The number of hydrogen-bond donors (Lipinski definition) is 12. The fourth-order valence-electron chi connectivity index (χ4n) is 7.62. The van der Waals surface area contributed by atoms with Gasteiger partial charge in [-0.2, -0.15) is 0 Å². The van der Waals surface area contributed by atoms with Gasteiger partial charge in [-0.05, 0) is 30.5 Å². The minimum atomic E-state index is -1.71. The number of rotatable bonds is 6. The summed E-state index contributed by atoms with van der Waals surface area (Å²) in [6, 6.07) is -4.32. The molecule has 4 heterocycles. The summed E-state index contributed by atoms with van der Waals surface area (Å²) in [7, 11) is 0. The predicted molar refractivity (Wildman–Crippen MR) is 225 cm³/mol. The highest BCUT2D eigenvalue weighted by Crippen LogP contribution is 2.33. The summed E-state index contributed by atoms with van der Waals surface area (Å²) >= 11 is 0.991. The summed E-state index contributed by atoms with van der Waals surface area (Å²) in [4.78, 5) is 128. The van der Waals surface area contributed by atoms with Crippen molar-refractivity contribution in [1.29, 1.82) is 0 Å². The molecule has 1 aromatic heterocycles. The Hall–Kier alpha value is -5.78. The van der Waals surface area contributed by atoms with Crippen molar-refractivity contribution in [2.75, 3.05) is 31.9 Å². The van der Waals surface area contributed by atoms with Gasteiger partial charge in [-0.1, -0.05) is 27.2 Å². The Morgan fingerprint density at radius 2 is 1.59 bits per heavy atom. The maximum absolute atomic E-state index is 14.4. The first kappa shape index (κ1) is 48.3. The number of hydrogen-bond acceptors (Lipinski definition) is 14. The van der Waals surface area contributed by atoms with Gasteiger partial charge in [-0.15, -0.1) is 11.8 Å². The fraction of sp³-hybridized carbons (Fsp3) is 0.575. The Morgan fingerprint density at radius 1 is 0.873 bits per heavy atom. The molecule has 0 aliphatic carbocycles. The standard InChI is InChI=1S/C40H56N10O12S/c1-5-17(2)33-37(60)43-14-32(57)44-27-16-63-39-23(22-7-6-20(52)8-24(22)47-39)10-25(29(54)12-42-13-31(56)48-33)45-38(61)34(18(3)19(4)51)49-36(59)28-9-21(53)15-50(28)40(62)26(11-30(41)55)46-35(27)58/h6-8,17-19,21,25-28,33-34,42,47,51-53H,5,9-16H2,1-4H3,(H2,41,55)(H,43,60)(H,44,57)(H,45,61)(H,46,58)(H,48,56)(H,49,59)/t17-,18-,19-,21+,25+,26+,27+,28+,33-,34+/m0/s1. The predicted octanol–water partition coefficient (Wildman–Crippen LogP) is -3.87. The number of phenols is 1. The molecule has 10 atom stereocenters. The number of ketones is 1. The van der Waals surface area contributed by atoms with Crippen molar-refractivity contribution in [2.45, 2.75) is 107 Å². The first-order valence-electron chi connectivity index (χ1n) is 20.7. The number of nitrogens with two attached hydrogens (primary N) is 1. The van der Waals surface area contributed by atoms with Crippen molar-refractivity contribution in [3.8, 4) is 5.75 Å². The van der Waals surface area contributed by atoms with E-state index in [-0.39, 0.29) is 24.3 Å². The van der Waals surface area contributed by atoms with Crippen molar-refractivity contribution in [1.82, 2.24) is 47.1 Å². The van der Waals surface area contributed by atoms with Crippen LogP contribution in [0.2, 0.25) is 0 Å². The molecule has 1 fully saturated rings. The lowest BCUT2D eigenvalue weighted by Gasteiger charge is -2.32. The number of carbonyl (C=O) groups excluding carboxylic acids is 9. The molecule has 5 rings (SSSR count). The maximum atomic E-state index is 14.4. The van der Waals surface area contributed by atoms with Gasteiger partial charge in [0.05, 0.1) is 54.8 Å². The molecule has 3 aliphatic rings. The summed E-state index contributed by atoms with van der Waals surface area (Å²) in [6.45, 7) is 4.38. The number of nitrogens with one attached hydrogen (secondary N) is 8. The summed E-state index contributed by atoms with van der Waals surface area (Å²) in [5.41, 5.74) is 6.32. The van der Waals surface area contributed by atoms with Crippen LogP contribution in [-0.2, 0) is 49.6 Å². The van der Waals surface area contributed by atoms with Crippen LogP contribution in [0.3, 0.4) is 0 Å². The van der Waals surface area contributed by atoms with Crippen LogP contribution in [0.25, 0.3) is 10.9 Å². The summed E-state index contributed by atoms with van der Waals surface area (Å²) in [5.74, 6) is -9.49. The zero-order chi connectivity index (χ0) is 46.3. The lowest BCUT2D eigenvalue weighted by atomic mass is 9.94. The number of thioether (sulfide) groups is 1. The van der Waals surface area contributed by atoms with Crippen molar-refractivity contribution < 1.29 is 58.5 Å². The van der Waals surface area contributed by atoms with Crippen LogP contribution in [0.4, 0.5) is 0 Å². The Labute approximate surface area is 366 Å². The molecule has 13 N–H and O–H groups in total. The molecule has 344 valence electrons. The van der Waals surface area contributed by atoms with Gasteiger partial charge in [0.15, 0.2) is 5.78 Å². The number of aliphatic hydroxyl groups is 2. The van der Waals surface area contributed by atoms with Crippen LogP contribution in [0.5, 0.6) is 5.75 Å². The fourth-order valence-corrected chi connectivity index (χ4v) is 8.74. The van der Waals surface area contributed by atoms with Gasteiger partial charge in [-0.25, -0.2) is 0 Å². The van der Waals surface area contributed by atoms with Gasteiger partial charge in [0.25, 0.3) is 0 Å². The largest absolute Gasteiger partial charge is 0.508 e. The summed E-state index contributed by atoms with van der Waals surface area (Å²) < 4.78 is 0. The number of H-pyrrole nitrogens is 1. The van der Waals surface area contributed by atoms with E-state index in [1.165, 1.54) is 26.0 Å². The molecule has 8 amide bonds. The quantitative estimate of drug-likeness (QED) is 0.132.